The number of hydrogen-bond donors (Lipinski definition) is 2. The summed E-state index contributed by atoms with van der Waals surface area (Å²) in [4.78, 5) is 5.08. The van der Waals surface area contributed by atoms with E-state index in [0.717, 1.165) is 6.42 Å². The quantitative estimate of drug-likeness (QED) is 0.587. The first-order chi connectivity index (χ1) is 4.74. The van der Waals surface area contributed by atoms with Crippen LogP contribution in [-0.2, 0) is 4.84 Å². The largest absolute Gasteiger partial charge is 0.394 e. The van der Waals surface area contributed by atoms with Crippen molar-refractivity contribution in [3.05, 3.63) is 0 Å². The Morgan fingerprint density at radius 3 is 2.70 bits per heavy atom. The summed E-state index contributed by atoms with van der Waals surface area (Å²) >= 11 is 0. The lowest BCUT2D eigenvalue weighted by atomic mass is 10.0. The van der Waals surface area contributed by atoms with Gasteiger partial charge in [-0.1, -0.05) is 13.8 Å². The van der Waals surface area contributed by atoms with Crippen molar-refractivity contribution in [3.8, 4) is 0 Å². The smallest absolute Gasteiger partial charge is 0.104 e. The molecule has 3 nitrogen and oxygen atoms in total. The molecule has 1 aliphatic heterocycles. The molecule has 2 unspecified atom stereocenters. The third kappa shape index (κ3) is 1.68. The highest BCUT2D eigenvalue weighted by atomic mass is 16.7. The van der Waals surface area contributed by atoms with E-state index in [0.29, 0.717) is 12.0 Å². The SMILES string of the molecule is CC(C)C1CC(CO)ON1. The van der Waals surface area contributed by atoms with Crippen molar-refractivity contribution in [2.24, 2.45) is 5.92 Å². The zero-order chi connectivity index (χ0) is 7.56. The van der Waals surface area contributed by atoms with Crippen molar-refractivity contribution in [1.29, 1.82) is 0 Å². The summed E-state index contributed by atoms with van der Waals surface area (Å²) in [5.41, 5.74) is 2.90. The molecule has 60 valence electrons. The Bertz CT molecular complexity index is 106. The lowest BCUT2D eigenvalue weighted by molar-refractivity contribution is -0.00560. The fourth-order valence-corrected chi connectivity index (χ4v) is 1.08. The highest BCUT2D eigenvalue weighted by molar-refractivity contribution is 4.76. The lowest BCUT2D eigenvalue weighted by Crippen LogP contribution is -2.25. The van der Waals surface area contributed by atoms with Crippen LogP contribution in [0.2, 0.25) is 0 Å². The molecular formula is C7H15NO2. The maximum Gasteiger partial charge on any atom is 0.104 e. The molecule has 10 heavy (non-hydrogen) atoms. The minimum absolute atomic E-state index is 0.00685. The van der Waals surface area contributed by atoms with Gasteiger partial charge < -0.3 is 5.11 Å². The molecular weight excluding hydrogens is 130 g/mol. The van der Waals surface area contributed by atoms with Gasteiger partial charge in [0.15, 0.2) is 0 Å². The molecule has 1 fully saturated rings. The Morgan fingerprint density at radius 2 is 2.40 bits per heavy atom. The van der Waals surface area contributed by atoms with Gasteiger partial charge in [0.25, 0.3) is 0 Å². The first-order valence-corrected chi connectivity index (χ1v) is 3.76. The summed E-state index contributed by atoms with van der Waals surface area (Å²) in [5.74, 6) is 0.580. The molecule has 1 aliphatic rings. The normalized spacial score (nSPS) is 33.6. The maximum absolute atomic E-state index is 8.70. The van der Waals surface area contributed by atoms with Gasteiger partial charge in [0.05, 0.1) is 6.61 Å². The predicted octanol–water partition coefficient (Wildman–Crippen LogP) is 0.297. The molecule has 2 atom stereocenters. The number of hydrogen-bond acceptors (Lipinski definition) is 3. The van der Waals surface area contributed by atoms with E-state index in [2.05, 4.69) is 19.3 Å². The van der Waals surface area contributed by atoms with Gasteiger partial charge in [-0.05, 0) is 12.3 Å². The van der Waals surface area contributed by atoms with Crippen LogP contribution in [0.5, 0.6) is 0 Å². The van der Waals surface area contributed by atoms with Crippen LogP contribution in [0.4, 0.5) is 0 Å². The average molecular weight is 145 g/mol. The average Bonchev–Trinajstić information content (AvgIpc) is 2.34. The van der Waals surface area contributed by atoms with Gasteiger partial charge in [-0.2, -0.15) is 5.48 Å². The van der Waals surface area contributed by atoms with E-state index in [-0.39, 0.29) is 12.7 Å². The van der Waals surface area contributed by atoms with Crippen molar-refractivity contribution in [1.82, 2.24) is 5.48 Å². The van der Waals surface area contributed by atoms with Gasteiger partial charge in [0.2, 0.25) is 0 Å². The molecule has 0 aromatic heterocycles. The summed E-state index contributed by atoms with van der Waals surface area (Å²) in [7, 11) is 0. The summed E-state index contributed by atoms with van der Waals surface area (Å²) in [5, 5.41) is 8.70. The van der Waals surface area contributed by atoms with E-state index >= 15 is 0 Å². The van der Waals surface area contributed by atoms with Crippen LogP contribution in [0.25, 0.3) is 0 Å². The van der Waals surface area contributed by atoms with Crippen LogP contribution in [-0.4, -0.2) is 23.9 Å². The van der Waals surface area contributed by atoms with E-state index in [4.69, 9.17) is 9.94 Å². The Morgan fingerprint density at radius 1 is 1.70 bits per heavy atom. The van der Waals surface area contributed by atoms with Crippen molar-refractivity contribution in [2.45, 2.75) is 32.4 Å². The minimum Gasteiger partial charge on any atom is -0.394 e. The first kappa shape index (κ1) is 7.98. The zero-order valence-corrected chi connectivity index (χ0v) is 6.50. The number of nitrogens with one attached hydrogen (secondary N) is 1. The molecule has 0 aromatic carbocycles. The molecule has 0 amide bonds. The van der Waals surface area contributed by atoms with E-state index < -0.39 is 0 Å². The fourth-order valence-electron chi connectivity index (χ4n) is 1.08. The second kappa shape index (κ2) is 3.32. The van der Waals surface area contributed by atoms with Gasteiger partial charge in [0, 0.05) is 6.04 Å². The molecule has 0 radical (unpaired) electrons. The number of aliphatic hydroxyl groups excluding tert-OH is 1. The fraction of sp³-hybridized carbons (Fsp3) is 1.00. The molecule has 2 N–H and O–H groups in total. The van der Waals surface area contributed by atoms with Crippen molar-refractivity contribution < 1.29 is 9.94 Å². The number of rotatable bonds is 2. The van der Waals surface area contributed by atoms with Crippen LogP contribution in [0.15, 0.2) is 0 Å². The van der Waals surface area contributed by atoms with Crippen LogP contribution < -0.4 is 5.48 Å². The number of hydroxylamine groups is 1. The second-order valence-corrected chi connectivity index (χ2v) is 3.13. The Hall–Kier alpha value is -0.120. The standard InChI is InChI=1S/C7H15NO2/c1-5(2)7-3-6(4-9)10-8-7/h5-9H,3-4H2,1-2H3. The van der Waals surface area contributed by atoms with Crippen LogP contribution in [0.1, 0.15) is 20.3 Å². The van der Waals surface area contributed by atoms with E-state index in [1.807, 2.05) is 0 Å². The zero-order valence-electron chi connectivity index (χ0n) is 6.50. The molecule has 0 aliphatic carbocycles. The maximum atomic E-state index is 8.70. The third-order valence-corrected chi connectivity index (χ3v) is 1.91. The Kier molecular flexibility index (Phi) is 2.65. The minimum atomic E-state index is 0.00685. The molecule has 0 aromatic rings. The molecule has 1 saturated heterocycles. The number of aliphatic hydroxyl groups is 1. The summed E-state index contributed by atoms with van der Waals surface area (Å²) < 4.78 is 0. The monoisotopic (exact) mass is 145 g/mol. The van der Waals surface area contributed by atoms with E-state index in [9.17, 15) is 0 Å². The van der Waals surface area contributed by atoms with Gasteiger partial charge in [-0.3, -0.25) is 4.84 Å². The molecule has 0 bridgehead atoms. The molecule has 1 heterocycles. The third-order valence-electron chi connectivity index (χ3n) is 1.91. The predicted molar refractivity (Wildman–Crippen MR) is 38.3 cm³/mol. The molecule has 0 saturated carbocycles. The summed E-state index contributed by atoms with van der Waals surface area (Å²) in [6.07, 6.45) is 0.932. The van der Waals surface area contributed by atoms with Crippen LogP contribution in [0.3, 0.4) is 0 Å². The molecule has 0 spiro atoms. The summed E-state index contributed by atoms with van der Waals surface area (Å²) in [6.45, 7) is 4.40. The highest BCUT2D eigenvalue weighted by Crippen LogP contribution is 2.16. The first-order valence-electron chi connectivity index (χ1n) is 3.76. The van der Waals surface area contributed by atoms with Gasteiger partial charge >= 0.3 is 0 Å². The molecule has 3 heteroatoms. The highest BCUT2D eigenvalue weighted by Gasteiger charge is 2.26. The second-order valence-electron chi connectivity index (χ2n) is 3.13. The van der Waals surface area contributed by atoms with Gasteiger partial charge in [-0.25, -0.2) is 0 Å². The van der Waals surface area contributed by atoms with Crippen molar-refractivity contribution in [2.75, 3.05) is 6.61 Å². The van der Waals surface area contributed by atoms with Crippen molar-refractivity contribution in [3.63, 3.8) is 0 Å². The summed E-state index contributed by atoms with van der Waals surface area (Å²) in [6, 6.07) is 0.414. The van der Waals surface area contributed by atoms with E-state index in [1.165, 1.54) is 0 Å². The van der Waals surface area contributed by atoms with Crippen LogP contribution in [0, 0.1) is 5.92 Å². The topological polar surface area (TPSA) is 41.5 Å². The molecule has 1 rings (SSSR count). The van der Waals surface area contributed by atoms with Gasteiger partial charge in [0.1, 0.15) is 6.10 Å². The van der Waals surface area contributed by atoms with Crippen LogP contribution >= 0.6 is 0 Å². The lowest BCUT2D eigenvalue weighted by Gasteiger charge is -2.10. The van der Waals surface area contributed by atoms with Crippen molar-refractivity contribution >= 4 is 0 Å². The van der Waals surface area contributed by atoms with E-state index in [1.54, 1.807) is 0 Å². The van der Waals surface area contributed by atoms with Gasteiger partial charge in [-0.15, -0.1) is 0 Å². The Balaban J connectivity index is 2.28. The Labute approximate surface area is 61.3 Å².